The molecule has 2 aromatic carbocycles. The standard InChI is InChI=1S/C25H32F3N3O4S/c1-17(2)14-29-24(33)19(4)30(15-20-10-7-6-9-18(20)3)23(32)16-31(36(5,34)35)22-12-8-11-21(13-22)25(26,27)28/h6-13,17,19H,14-16H2,1-5H3,(H,29,33)/t19-/m1/s1. The Hall–Kier alpha value is -3.08. The van der Waals surface area contributed by atoms with Gasteiger partial charge in [0, 0.05) is 13.1 Å². The Morgan fingerprint density at radius 3 is 2.22 bits per heavy atom. The SMILES string of the molecule is Cc1ccccc1CN(C(=O)CN(c1cccc(C(F)(F)F)c1)S(C)(=O)=O)[C@H](C)C(=O)NCC(C)C. The van der Waals surface area contributed by atoms with E-state index in [2.05, 4.69) is 5.32 Å². The molecule has 0 fully saturated rings. The Balaban J connectivity index is 2.44. The number of aryl methyl sites for hydroxylation is 1. The normalized spacial score (nSPS) is 12.8. The summed E-state index contributed by atoms with van der Waals surface area (Å²) in [7, 11) is -4.14. The van der Waals surface area contributed by atoms with Gasteiger partial charge in [0.1, 0.15) is 12.6 Å². The van der Waals surface area contributed by atoms with Crippen LogP contribution in [0, 0.1) is 12.8 Å². The van der Waals surface area contributed by atoms with E-state index >= 15 is 0 Å². The molecule has 0 spiro atoms. The van der Waals surface area contributed by atoms with Gasteiger partial charge in [-0.1, -0.05) is 44.2 Å². The molecule has 0 saturated carbocycles. The highest BCUT2D eigenvalue weighted by Crippen LogP contribution is 2.32. The average Bonchev–Trinajstić information content (AvgIpc) is 2.78. The first-order valence-corrected chi connectivity index (χ1v) is 13.2. The van der Waals surface area contributed by atoms with Crippen LogP contribution in [-0.2, 0) is 32.3 Å². The maximum absolute atomic E-state index is 13.5. The van der Waals surface area contributed by atoms with Crippen LogP contribution < -0.4 is 9.62 Å². The Morgan fingerprint density at radius 2 is 1.67 bits per heavy atom. The summed E-state index contributed by atoms with van der Waals surface area (Å²) in [5, 5.41) is 2.77. The first-order chi connectivity index (χ1) is 16.6. The molecule has 198 valence electrons. The molecular weight excluding hydrogens is 495 g/mol. The molecule has 11 heteroatoms. The predicted octanol–water partition coefficient (Wildman–Crippen LogP) is 3.97. The zero-order valence-corrected chi connectivity index (χ0v) is 21.8. The van der Waals surface area contributed by atoms with Gasteiger partial charge in [0.15, 0.2) is 0 Å². The van der Waals surface area contributed by atoms with Gasteiger partial charge >= 0.3 is 6.18 Å². The van der Waals surface area contributed by atoms with Crippen LogP contribution in [0.1, 0.15) is 37.5 Å². The number of rotatable bonds is 10. The Bertz CT molecular complexity index is 1180. The van der Waals surface area contributed by atoms with Crippen molar-refractivity contribution in [3.8, 4) is 0 Å². The molecule has 36 heavy (non-hydrogen) atoms. The number of carbonyl (C=O) groups is 2. The maximum atomic E-state index is 13.5. The fourth-order valence-corrected chi connectivity index (χ4v) is 4.30. The van der Waals surface area contributed by atoms with Crippen LogP contribution in [0.2, 0.25) is 0 Å². The summed E-state index contributed by atoms with van der Waals surface area (Å²) in [6, 6.07) is 10.0. The molecule has 2 rings (SSSR count). The molecule has 7 nitrogen and oxygen atoms in total. The largest absolute Gasteiger partial charge is 0.416 e. The molecule has 2 aromatic rings. The number of alkyl halides is 3. The summed E-state index contributed by atoms with van der Waals surface area (Å²) in [4.78, 5) is 27.5. The zero-order chi connectivity index (χ0) is 27.3. The van der Waals surface area contributed by atoms with Crippen LogP contribution in [-0.4, -0.2) is 50.5 Å². The van der Waals surface area contributed by atoms with Crippen LogP contribution in [0.15, 0.2) is 48.5 Å². The summed E-state index contributed by atoms with van der Waals surface area (Å²) in [6.45, 7) is 6.83. The Labute approximate surface area is 210 Å². The summed E-state index contributed by atoms with van der Waals surface area (Å²) >= 11 is 0. The number of halogens is 3. The number of sulfonamides is 1. The second-order valence-corrected chi connectivity index (χ2v) is 11.0. The Kier molecular flexibility index (Phi) is 9.53. The maximum Gasteiger partial charge on any atom is 0.416 e. The molecular formula is C25H32F3N3O4S. The monoisotopic (exact) mass is 527 g/mol. The van der Waals surface area contributed by atoms with Crippen molar-refractivity contribution < 1.29 is 31.2 Å². The second kappa shape index (κ2) is 11.8. The minimum absolute atomic E-state index is 0.0158. The highest BCUT2D eigenvalue weighted by Gasteiger charge is 2.33. The van der Waals surface area contributed by atoms with Crippen molar-refractivity contribution in [2.75, 3.05) is 23.7 Å². The summed E-state index contributed by atoms with van der Waals surface area (Å²) in [5.41, 5.74) is 0.273. The van der Waals surface area contributed by atoms with E-state index in [0.717, 1.165) is 29.5 Å². The lowest BCUT2D eigenvalue weighted by Gasteiger charge is -2.32. The van der Waals surface area contributed by atoms with E-state index in [0.29, 0.717) is 16.9 Å². The molecule has 0 bridgehead atoms. The van der Waals surface area contributed by atoms with E-state index in [9.17, 15) is 31.2 Å². The lowest BCUT2D eigenvalue weighted by atomic mass is 10.1. The van der Waals surface area contributed by atoms with E-state index in [1.54, 1.807) is 12.1 Å². The average molecular weight is 528 g/mol. The van der Waals surface area contributed by atoms with E-state index in [-0.39, 0.29) is 18.2 Å². The van der Waals surface area contributed by atoms with Crippen molar-refractivity contribution in [2.45, 2.75) is 46.5 Å². The van der Waals surface area contributed by atoms with Crippen LogP contribution in [0.25, 0.3) is 0 Å². The first kappa shape index (κ1) is 29.2. The van der Waals surface area contributed by atoms with E-state index in [1.807, 2.05) is 32.9 Å². The molecule has 0 heterocycles. The molecule has 1 atom stereocenters. The van der Waals surface area contributed by atoms with Crippen molar-refractivity contribution in [2.24, 2.45) is 5.92 Å². The summed E-state index contributed by atoms with van der Waals surface area (Å²) in [5.74, 6) is -0.979. The molecule has 0 saturated heterocycles. The summed E-state index contributed by atoms with van der Waals surface area (Å²) < 4.78 is 65.4. The summed E-state index contributed by atoms with van der Waals surface area (Å²) in [6.07, 6.45) is -3.88. The third kappa shape index (κ3) is 7.97. The molecule has 1 N–H and O–H groups in total. The fraction of sp³-hybridized carbons (Fsp3) is 0.440. The third-order valence-electron chi connectivity index (χ3n) is 5.59. The molecule has 0 aliphatic carbocycles. The lowest BCUT2D eigenvalue weighted by molar-refractivity contribution is -0.139. The second-order valence-electron chi connectivity index (χ2n) is 9.08. The van der Waals surface area contributed by atoms with Crippen molar-refractivity contribution in [1.29, 1.82) is 0 Å². The molecule has 0 aliphatic rings. The van der Waals surface area contributed by atoms with Gasteiger partial charge in [0.25, 0.3) is 0 Å². The van der Waals surface area contributed by atoms with Gasteiger partial charge in [-0.25, -0.2) is 8.42 Å². The molecule has 0 aromatic heterocycles. The molecule has 0 aliphatic heterocycles. The minimum atomic E-state index is -4.69. The van der Waals surface area contributed by atoms with Crippen LogP contribution in [0.4, 0.5) is 18.9 Å². The van der Waals surface area contributed by atoms with Crippen LogP contribution in [0.3, 0.4) is 0 Å². The van der Waals surface area contributed by atoms with Crippen molar-refractivity contribution in [3.63, 3.8) is 0 Å². The van der Waals surface area contributed by atoms with Crippen LogP contribution in [0.5, 0.6) is 0 Å². The van der Waals surface area contributed by atoms with E-state index in [1.165, 1.54) is 17.9 Å². The zero-order valence-electron chi connectivity index (χ0n) is 21.0. The topological polar surface area (TPSA) is 86.8 Å². The molecule has 0 radical (unpaired) electrons. The van der Waals surface area contributed by atoms with Gasteiger partial charge in [-0.05, 0) is 49.1 Å². The number of hydrogen-bond acceptors (Lipinski definition) is 4. The Morgan fingerprint density at radius 1 is 1.03 bits per heavy atom. The third-order valence-corrected chi connectivity index (χ3v) is 6.74. The fourth-order valence-electron chi connectivity index (χ4n) is 3.46. The number of carbonyl (C=O) groups excluding carboxylic acids is 2. The number of hydrogen-bond donors (Lipinski definition) is 1. The number of benzene rings is 2. The van der Waals surface area contributed by atoms with Gasteiger partial charge in [0.05, 0.1) is 17.5 Å². The van der Waals surface area contributed by atoms with Gasteiger partial charge in [-0.2, -0.15) is 13.2 Å². The lowest BCUT2D eigenvalue weighted by Crippen LogP contribution is -2.51. The first-order valence-electron chi connectivity index (χ1n) is 11.4. The molecule has 2 amide bonds. The number of nitrogens with zero attached hydrogens (tertiary/aromatic N) is 2. The number of nitrogens with one attached hydrogen (secondary N) is 1. The minimum Gasteiger partial charge on any atom is -0.354 e. The van der Waals surface area contributed by atoms with Gasteiger partial charge in [0.2, 0.25) is 21.8 Å². The number of amides is 2. The predicted molar refractivity (Wildman–Crippen MR) is 133 cm³/mol. The smallest absolute Gasteiger partial charge is 0.354 e. The van der Waals surface area contributed by atoms with Crippen molar-refractivity contribution in [3.05, 3.63) is 65.2 Å². The quantitative estimate of drug-likeness (QED) is 0.507. The van der Waals surface area contributed by atoms with Crippen molar-refractivity contribution >= 4 is 27.5 Å². The highest BCUT2D eigenvalue weighted by atomic mass is 32.2. The van der Waals surface area contributed by atoms with Crippen LogP contribution >= 0.6 is 0 Å². The number of anilines is 1. The van der Waals surface area contributed by atoms with Gasteiger partial charge in [-0.15, -0.1) is 0 Å². The van der Waals surface area contributed by atoms with E-state index < -0.39 is 46.2 Å². The molecule has 0 unspecified atom stereocenters. The highest BCUT2D eigenvalue weighted by molar-refractivity contribution is 7.92. The van der Waals surface area contributed by atoms with Gasteiger partial charge < -0.3 is 10.2 Å². The van der Waals surface area contributed by atoms with E-state index in [4.69, 9.17) is 0 Å². The van der Waals surface area contributed by atoms with Crippen molar-refractivity contribution in [1.82, 2.24) is 10.2 Å². The van der Waals surface area contributed by atoms with Gasteiger partial charge in [-0.3, -0.25) is 13.9 Å².